The molecule has 152 valence electrons. The molecule has 0 aliphatic carbocycles. The molecule has 0 bridgehead atoms. The van der Waals surface area contributed by atoms with Crippen molar-refractivity contribution in [3.8, 4) is 0 Å². The van der Waals surface area contributed by atoms with Crippen molar-refractivity contribution in [3.63, 3.8) is 0 Å². The highest BCUT2D eigenvalue weighted by Gasteiger charge is 2.24. The number of carbonyl (C=O) groups excluding carboxylic acids is 2. The summed E-state index contributed by atoms with van der Waals surface area (Å²) in [5, 5.41) is 11.2. The van der Waals surface area contributed by atoms with Crippen molar-refractivity contribution < 1.29 is 9.59 Å². The maximum absolute atomic E-state index is 12.5. The molecule has 2 amide bonds. The van der Waals surface area contributed by atoms with E-state index in [9.17, 15) is 9.59 Å². The quantitative estimate of drug-likeness (QED) is 0.725. The average Bonchev–Trinajstić information content (AvgIpc) is 2.85. The average molecular weight is 380 g/mol. The van der Waals surface area contributed by atoms with Crippen LogP contribution in [-0.4, -0.2) is 93.1 Å². The Morgan fingerprint density at radius 2 is 1.78 bits per heavy atom. The normalized spacial score (nSPS) is 16.0. The van der Waals surface area contributed by atoms with Crippen LogP contribution in [0.1, 0.15) is 32.4 Å². The molecule has 27 heavy (non-hydrogen) atoms. The van der Waals surface area contributed by atoms with Gasteiger partial charge in [-0.25, -0.2) is 0 Å². The molecule has 1 saturated heterocycles. The predicted molar refractivity (Wildman–Crippen MR) is 103 cm³/mol. The summed E-state index contributed by atoms with van der Waals surface area (Å²) in [4.78, 5) is 30.5. The Balaban J connectivity index is 1.74. The van der Waals surface area contributed by atoms with E-state index in [0.29, 0.717) is 32.7 Å². The molecule has 1 aliphatic rings. The van der Waals surface area contributed by atoms with Gasteiger partial charge in [-0.05, 0) is 34.7 Å². The largest absolute Gasteiger partial charge is 0.350 e. The van der Waals surface area contributed by atoms with Crippen molar-refractivity contribution in [3.05, 3.63) is 11.6 Å². The Bertz CT molecular complexity index is 657. The van der Waals surface area contributed by atoms with Gasteiger partial charge < -0.3 is 14.8 Å². The number of carbonyl (C=O) groups is 2. The zero-order valence-electron chi connectivity index (χ0n) is 17.4. The van der Waals surface area contributed by atoms with Crippen LogP contribution in [-0.2, 0) is 23.2 Å². The van der Waals surface area contributed by atoms with Crippen LogP contribution in [0, 0.1) is 6.92 Å². The zero-order valence-corrected chi connectivity index (χ0v) is 17.4. The summed E-state index contributed by atoms with van der Waals surface area (Å²) in [5.74, 6) is 1.84. The number of amides is 2. The van der Waals surface area contributed by atoms with Crippen LogP contribution in [0.15, 0.2) is 0 Å². The first-order valence-electron chi connectivity index (χ1n) is 9.39. The molecule has 1 fully saturated rings. The molecule has 0 unspecified atom stereocenters. The smallest absolute Gasteiger partial charge is 0.236 e. The van der Waals surface area contributed by atoms with Gasteiger partial charge in [0.05, 0.1) is 19.6 Å². The minimum absolute atomic E-state index is 0.0287. The monoisotopic (exact) mass is 379 g/mol. The summed E-state index contributed by atoms with van der Waals surface area (Å²) in [6.45, 7) is 11.9. The van der Waals surface area contributed by atoms with Crippen molar-refractivity contribution in [1.29, 1.82) is 0 Å². The molecule has 0 atom stereocenters. The lowest BCUT2D eigenvalue weighted by molar-refractivity contribution is -0.134. The van der Waals surface area contributed by atoms with Crippen LogP contribution >= 0.6 is 0 Å². The molecule has 2 heterocycles. The van der Waals surface area contributed by atoms with Crippen LogP contribution < -0.4 is 5.32 Å². The van der Waals surface area contributed by atoms with Gasteiger partial charge in [-0.1, -0.05) is 0 Å². The fourth-order valence-corrected chi connectivity index (χ4v) is 3.03. The minimum atomic E-state index is -0.222. The van der Waals surface area contributed by atoms with E-state index in [1.807, 2.05) is 56.2 Å². The second-order valence-electron chi connectivity index (χ2n) is 8.35. The molecular formula is C18H33N7O2. The van der Waals surface area contributed by atoms with Crippen molar-refractivity contribution in [2.75, 3.05) is 46.3 Å². The van der Waals surface area contributed by atoms with Gasteiger partial charge >= 0.3 is 0 Å². The minimum Gasteiger partial charge on any atom is -0.350 e. The second kappa shape index (κ2) is 8.79. The Kier molecular flexibility index (Phi) is 6.94. The lowest BCUT2D eigenvalue weighted by Crippen LogP contribution is -2.54. The summed E-state index contributed by atoms with van der Waals surface area (Å²) >= 11 is 0. The first-order chi connectivity index (χ1) is 12.5. The molecule has 1 N–H and O–H groups in total. The van der Waals surface area contributed by atoms with Crippen LogP contribution in [0.5, 0.6) is 0 Å². The Morgan fingerprint density at radius 1 is 1.15 bits per heavy atom. The summed E-state index contributed by atoms with van der Waals surface area (Å²) in [6, 6.07) is 0. The Labute approximate surface area is 161 Å². The number of aryl methyl sites for hydroxylation is 1. The molecule has 0 radical (unpaired) electrons. The number of nitrogens with one attached hydrogen (secondary N) is 1. The van der Waals surface area contributed by atoms with Crippen molar-refractivity contribution in [2.24, 2.45) is 7.05 Å². The third-order valence-corrected chi connectivity index (χ3v) is 4.61. The summed E-state index contributed by atoms with van der Waals surface area (Å²) in [5.41, 5.74) is -0.222. The number of nitrogens with zero attached hydrogens (tertiary/aromatic N) is 6. The fraction of sp³-hybridized carbons (Fsp3) is 0.778. The predicted octanol–water partition coefficient (Wildman–Crippen LogP) is -0.386. The summed E-state index contributed by atoms with van der Waals surface area (Å²) < 4.78 is 1.93. The summed E-state index contributed by atoms with van der Waals surface area (Å²) in [7, 11) is 3.84. The van der Waals surface area contributed by atoms with Gasteiger partial charge in [0.15, 0.2) is 0 Å². The highest BCUT2D eigenvalue weighted by atomic mass is 16.2. The summed E-state index contributed by atoms with van der Waals surface area (Å²) in [6.07, 6.45) is 0. The van der Waals surface area contributed by atoms with Gasteiger partial charge in [0.25, 0.3) is 0 Å². The van der Waals surface area contributed by atoms with E-state index in [4.69, 9.17) is 0 Å². The number of hydrogen-bond acceptors (Lipinski definition) is 6. The van der Waals surface area contributed by atoms with Crippen molar-refractivity contribution in [2.45, 2.75) is 39.8 Å². The van der Waals surface area contributed by atoms with Gasteiger partial charge in [0.1, 0.15) is 11.6 Å². The number of rotatable bonds is 6. The molecule has 2 rings (SSSR count). The third kappa shape index (κ3) is 6.59. The van der Waals surface area contributed by atoms with Gasteiger partial charge in [-0.15, -0.1) is 10.2 Å². The van der Waals surface area contributed by atoms with Gasteiger partial charge in [0.2, 0.25) is 11.8 Å². The highest BCUT2D eigenvalue weighted by molar-refractivity contribution is 5.79. The van der Waals surface area contributed by atoms with E-state index in [1.165, 1.54) is 0 Å². The van der Waals surface area contributed by atoms with E-state index >= 15 is 0 Å². The third-order valence-electron chi connectivity index (χ3n) is 4.61. The van der Waals surface area contributed by atoms with Crippen LogP contribution in [0.3, 0.4) is 0 Å². The first-order valence-corrected chi connectivity index (χ1v) is 9.39. The first kappa shape index (κ1) is 21.3. The van der Waals surface area contributed by atoms with Gasteiger partial charge in [-0.2, -0.15) is 0 Å². The molecule has 1 aromatic rings. The maximum Gasteiger partial charge on any atom is 0.236 e. The van der Waals surface area contributed by atoms with Crippen molar-refractivity contribution in [1.82, 2.24) is 34.8 Å². The van der Waals surface area contributed by atoms with Gasteiger partial charge in [0, 0.05) is 38.8 Å². The maximum atomic E-state index is 12.5. The molecule has 9 heteroatoms. The molecule has 0 aromatic carbocycles. The molecule has 9 nitrogen and oxygen atoms in total. The van der Waals surface area contributed by atoms with Crippen molar-refractivity contribution >= 4 is 11.8 Å². The van der Waals surface area contributed by atoms with Crippen LogP contribution in [0.2, 0.25) is 0 Å². The SMILES string of the molecule is Cc1nnc(CN(C)CC(=O)N2CCN(CC(=O)NC(C)(C)C)CC2)n1C. The highest BCUT2D eigenvalue weighted by Crippen LogP contribution is 2.06. The fourth-order valence-electron chi connectivity index (χ4n) is 3.03. The Hall–Kier alpha value is -2.00. The number of likely N-dealkylation sites (N-methyl/N-ethyl adjacent to an activating group) is 1. The van der Waals surface area contributed by atoms with Crippen LogP contribution in [0.4, 0.5) is 0 Å². The number of aromatic nitrogens is 3. The number of hydrogen-bond donors (Lipinski definition) is 1. The second-order valence-corrected chi connectivity index (χ2v) is 8.35. The molecule has 0 spiro atoms. The van der Waals surface area contributed by atoms with E-state index in [-0.39, 0.29) is 17.4 Å². The zero-order chi connectivity index (χ0) is 20.2. The lowest BCUT2D eigenvalue weighted by atomic mass is 10.1. The standard InChI is InChI=1S/C18H33N7O2/c1-14-20-21-15(23(14)6)11-22(5)13-17(27)25-9-7-24(8-10-25)12-16(26)19-18(2,3)4/h7-13H2,1-6H3,(H,19,26). The van der Waals surface area contributed by atoms with E-state index < -0.39 is 0 Å². The molecule has 1 aromatic heterocycles. The Morgan fingerprint density at radius 3 is 2.30 bits per heavy atom. The van der Waals surface area contributed by atoms with E-state index in [0.717, 1.165) is 24.7 Å². The van der Waals surface area contributed by atoms with E-state index in [2.05, 4.69) is 20.4 Å². The van der Waals surface area contributed by atoms with Crippen LogP contribution in [0.25, 0.3) is 0 Å². The lowest BCUT2D eigenvalue weighted by Gasteiger charge is -2.35. The topological polar surface area (TPSA) is 86.6 Å². The van der Waals surface area contributed by atoms with E-state index in [1.54, 1.807) is 0 Å². The number of piperazine rings is 1. The molecule has 1 aliphatic heterocycles. The van der Waals surface area contributed by atoms with Gasteiger partial charge in [-0.3, -0.25) is 19.4 Å². The molecular weight excluding hydrogens is 346 g/mol. The molecule has 0 saturated carbocycles.